The summed E-state index contributed by atoms with van der Waals surface area (Å²) >= 11 is 0. The second kappa shape index (κ2) is 3.49. The Hall–Kier alpha value is -1.23. The molecule has 1 amide bonds. The number of nitrogens with zero attached hydrogens (tertiary/aromatic N) is 1. The second-order valence-corrected chi connectivity index (χ2v) is 3.22. The molecule has 0 N–H and O–H groups in total. The molecule has 1 aromatic rings. The zero-order chi connectivity index (χ0) is 10.0. The zero-order valence-electron chi connectivity index (χ0n) is 7.68. The predicted molar refractivity (Wildman–Crippen MR) is 51.8 cm³/mol. The molecule has 1 heterocycles. The van der Waals surface area contributed by atoms with Crippen molar-refractivity contribution in [2.24, 2.45) is 0 Å². The van der Waals surface area contributed by atoms with Crippen molar-refractivity contribution in [2.45, 2.75) is 12.8 Å². The minimum atomic E-state index is -1.26. The monoisotopic (exact) mass is 193 g/mol. The van der Waals surface area contributed by atoms with Gasteiger partial charge in [0.05, 0.1) is 6.42 Å². The van der Waals surface area contributed by atoms with Crippen molar-refractivity contribution in [3.8, 4) is 0 Å². The quantitative estimate of drug-likeness (QED) is 0.504. The van der Waals surface area contributed by atoms with Gasteiger partial charge in [-0.2, -0.15) is 4.84 Å². The van der Waals surface area contributed by atoms with Gasteiger partial charge in [-0.25, -0.2) is 4.79 Å². The first-order chi connectivity index (χ1) is 6.73. The van der Waals surface area contributed by atoms with Crippen molar-refractivity contribution in [1.82, 2.24) is 4.81 Å². The van der Waals surface area contributed by atoms with E-state index in [2.05, 4.69) is 0 Å². The van der Waals surface area contributed by atoms with Crippen LogP contribution < -0.4 is 4.81 Å². The number of carbonyl (C=O) groups is 1. The van der Waals surface area contributed by atoms with E-state index in [1.807, 2.05) is 0 Å². The molecule has 1 aliphatic heterocycles. The van der Waals surface area contributed by atoms with Gasteiger partial charge >= 0.3 is 5.91 Å². The number of carbonyl (C=O) groups excluding carboxylic acids is 1. The van der Waals surface area contributed by atoms with Gasteiger partial charge in [0, 0.05) is 12.1 Å². The molecule has 1 unspecified atom stereocenters. The number of hydrogen-bond donors (Lipinski definition) is 0. The molecular weight excluding hydrogens is 182 g/mol. The number of benzene rings is 1. The summed E-state index contributed by atoms with van der Waals surface area (Å²) in [5, 5.41) is 12.0. The lowest BCUT2D eigenvalue weighted by atomic mass is 10.2. The van der Waals surface area contributed by atoms with E-state index in [0.717, 1.165) is 0 Å². The normalized spacial score (nSPS) is 27.6. The first-order valence-corrected chi connectivity index (χ1v) is 4.57. The van der Waals surface area contributed by atoms with Crippen LogP contribution in [0.5, 0.6) is 0 Å². The number of quaternary nitrogens is 1. The maximum atomic E-state index is 12.0. The van der Waals surface area contributed by atoms with Gasteiger partial charge < -0.3 is 5.21 Å². The summed E-state index contributed by atoms with van der Waals surface area (Å²) in [5.74, 6) is -0.428. The van der Waals surface area contributed by atoms with Gasteiger partial charge in [0.25, 0.3) is 0 Å². The Morgan fingerprint density at radius 2 is 2.00 bits per heavy atom. The molecule has 0 aliphatic carbocycles. The minimum absolute atomic E-state index is 0.290. The molecule has 1 atom stereocenters. The van der Waals surface area contributed by atoms with Crippen molar-refractivity contribution < 1.29 is 9.63 Å². The second-order valence-electron chi connectivity index (χ2n) is 3.22. The maximum absolute atomic E-state index is 12.0. The van der Waals surface area contributed by atoms with Crippen LogP contribution in [0.4, 0.5) is 5.69 Å². The van der Waals surface area contributed by atoms with Gasteiger partial charge in [0.1, 0.15) is 6.61 Å². The van der Waals surface area contributed by atoms with Crippen molar-refractivity contribution >= 4 is 11.6 Å². The molecule has 1 aromatic carbocycles. The third-order valence-electron chi connectivity index (χ3n) is 2.23. The van der Waals surface area contributed by atoms with E-state index in [1.165, 1.54) is 0 Å². The number of hydroxylamine groups is 2. The van der Waals surface area contributed by atoms with Gasteiger partial charge in [0.15, 0.2) is 5.69 Å². The van der Waals surface area contributed by atoms with Gasteiger partial charge in [0.2, 0.25) is 0 Å². The van der Waals surface area contributed by atoms with E-state index in [9.17, 15) is 10.0 Å². The van der Waals surface area contributed by atoms with Crippen LogP contribution in [0.15, 0.2) is 30.3 Å². The summed E-state index contributed by atoms with van der Waals surface area (Å²) < 4.78 is 0. The fraction of sp³-hybridized carbons (Fsp3) is 0.300. The Bertz CT molecular complexity index is 338. The minimum Gasteiger partial charge on any atom is -0.586 e. The summed E-state index contributed by atoms with van der Waals surface area (Å²) in [6, 6.07) is 8.45. The number of para-hydroxylation sites is 1. The molecule has 4 nitrogen and oxygen atoms in total. The van der Waals surface area contributed by atoms with Gasteiger partial charge in [-0.05, 0) is 6.42 Å². The molecule has 1 saturated heterocycles. The number of hydrogen-bond acceptors (Lipinski definition) is 3. The van der Waals surface area contributed by atoms with Crippen molar-refractivity contribution in [1.29, 1.82) is 0 Å². The first kappa shape index (κ1) is 9.33. The number of rotatable bonds is 1. The highest BCUT2D eigenvalue weighted by molar-refractivity contribution is 5.87. The Morgan fingerprint density at radius 3 is 2.64 bits per heavy atom. The standard InChI is InChI=1S/C10H11NO3/c12-10-7-4-8-14-11(10,13)9-5-2-1-3-6-9/h1-3,5-6H,4,7-8H2. The van der Waals surface area contributed by atoms with E-state index in [-0.39, 0.29) is 0 Å². The van der Waals surface area contributed by atoms with Crippen LogP contribution in [-0.2, 0) is 9.63 Å². The fourth-order valence-corrected chi connectivity index (χ4v) is 1.48. The highest BCUT2D eigenvalue weighted by atomic mass is 16.9. The Morgan fingerprint density at radius 1 is 1.29 bits per heavy atom. The molecule has 74 valence electrons. The molecule has 2 rings (SSSR count). The third kappa shape index (κ3) is 1.43. The smallest absolute Gasteiger partial charge is 0.351 e. The largest absolute Gasteiger partial charge is 0.586 e. The molecule has 4 heteroatoms. The summed E-state index contributed by atoms with van der Waals surface area (Å²) in [6.07, 6.45) is 0.923. The molecule has 0 bridgehead atoms. The molecule has 14 heavy (non-hydrogen) atoms. The van der Waals surface area contributed by atoms with Crippen molar-refractivity contribution in [3.63, 3.8) is 0 Å². The maximum Gasteiger partial charge on any atom is 0.351 e. The predicted octanol–water partition coefficient (Wildman–Crippen LogP) is 1.74. The van der Waals surface area contributed by atoms with E-state index in [4.69, 9.17) is 4.84 Å². The summed E-state index contributed by atoms with van der Waals surface area (Å²) in [4.78, 5) is 15.2. The van der Waals surface area contributed by atoms with Gasteiger partial charge in [-0.3, -0.25) is 0 Å². The average molecular weight is 193 g/mol. The molecule has 0 radical (unpaired) electrons. The highest BCUT2D eigenvalue weighted by Crippen LogP contribution is 2.27. The van der Waals surface area contributed by atoms with E-state index >= 15 is 0 Å². The van der Waals surface area contributed by atoms with Crippen molar-refractivity contribution in [3.05, 3.63) is 35.5 Å². The third-order valence-corrected chi connectivity index (χ3v) is 2.23. The first-order valence-electron chi connectivity index (χ1n) is 4.57. The van der Waals surface area contributed by atoms with Crippen LogP contribution in [0.2, 0.25) is 0 Å². The topological polar surface area (TPSA) is 49.4 Å². The lowest BCUT2D eigenvalue weighted by Gasteiger charge is -2.37. The molecule has 0 saturated carbocycles. The van der Waals surface area contributed by atoms with Gasteiger partial charge in [-0.1, -0.05) is 18.2 Å². The highest BCUT2D eigenvalue weighted by Gasteiger charge is 2.35. The van der Waals surface area contributed by atoms with E-state index < -0.39 is 10.7 Å². The lowest BCUT2D eigenvalue weighted by Crippen LogP contribution is -2.51. The SMILES string of the molecule is O=C1CCCO[N+]1([O-])c1ccccc1. The van der Waals surface area contributed by atoms with E-state index in [0.29, 0.717) is 25.1 Å². The molecule has 1 aliphatic rings. The van der Waals surface area contributed by atoms with Crippen molar-refractivity contribution in [2.75, 3.05) is 6.61 Å². The number of amides is 1. The lowest BCUT2D eigenvalue weighted by molar-refractivity contribution is -0.176. The molecule has 0 aromatic heterocycles. The average Bonchev–Trinajstić information content (AvgIpc) is 2.24. The van der Waals surface area contributed by atoms with Crippen LogP contribution in [-0.4, -0.2) is 12.5 Å². The summed E-state index contributed by atoms with van der Waals surface area (Å²) in [6.45, 7) is 0.337. The van der Waals surface area contributed by atoms with Crippen LogP contribution >= 0.6 is 0 Å². The summed E-state index contributed by atoms with van der Waals surface area (Å²) in [5.41, 5.74) is 0.345. The van der Waals surface area contributed by atoms with Crippen LogP contribution in [0.1, 0.15) is 12.8 Å². The van der Waals surface area contributed by atoms with E-state index in [1.54, 1.807) is 30.3 Å². The van der Waals surface area contributed by atoms with Crippen LogP contribution in [0.25, 0.3) is 0 Å². The Balaban J connectivity index is 2.35. The van der Waals surface area contributed by atoms with Crippen LogP contribution in [0.3, 0.4) is 0 Å². The molecule has 1 fully saturated rings. The zero-order valence-corrected chi connectivity index (χ0v) is 7.68. The summed E-state index contributed by atoms with van der Waals surface area (Å²) in [7, 11) is 0. The molecular formula is C10H11NO3. The molecule has 0 spiro atoms. The van der Waals surface area contributed by atoms with Crippen LogP contribution in [0, 0.1) is 5.21 Å². The Labute approximate surface area is 81.8 Å². The fourth-order valence-electron chi connectivity index (χ4n) is 1.48. The Kier molecular flexibility index (Phi) is 2.33. The van der Waals surface area contributed by atoms with Gasteiger partial charge in [-0.15, -0.1) is 4.81 Å².